The van der Waals surface area contributed by atoms with E-state index >= 15 is 0 Å². The van der Waals surface area contributed by atoms with Crippen molar-refractivity contribution in [1.82, 2.24) is 0 Å². The maximum Gasteiger partial charge on any atom is -0.0184 e. The molecule has 1 rings (SSSR count). The fourth-order valence-corrected chi connectivity index (χ4v) is 1.16. The van der Waals surface area contributed by atoms with Gasteiger partial charge in [-0.05, 0) is 30.5 Å². The number of allylic oxidation sites excluding steroid dienone is 1. The Kier molecular flexibility index (Phi) is 5.00. The van der Waals surface area contributed by atoms with Crippen LogP contribution >= 0.6 is 0 Å². The lowest BCUT2D eigenvalue weighted by molar-refractivity contribution is 0.724. The minimum Gasteiger partial charge on any atom is -0.0654 e. The molecule has 0 amide bonds. The predicted octanol–water partition coefficient (Wildman–Crippen LogP) is 3.88. The van der Waals surface area contributed by atoms with Gasteiger partial charge in [-0.1, -0.05) is 50.1 Å². The van der Waals surface area contributed by atoms with Gasteiger partial charge in [0.2, 0.25) is 0 Å². The lowest BCUT2D eigenvalue weighted by Crippen LogP contribution is -1.72. The molecule has 0 aliphatic carbocycles. The van der Waals surface area contributed by atoms with E-state index in [9.17, 15) is 0 Å². The van der Waals surface area contributed by atoms with Crippen LogP contribution in [0.4, 0.5) is 0 Å². The van der Waals surface area contributed by atoms with Gasteiger partial charge >= 0.3 is 0 Å². The third-order valence-electron chi connectivity index (χ3n) is 1.94. The summed E-state index contributed by atoms with van der Waals surface area (Å²) < 4.78 is 0. The molecule has 0 saturated carbocycles. The number of rotatable bonds is 5. The quantitative estimate of drug-likeness (QED) is 0.591. The molecule has 0 unspecified atom stereocenters. The molecule has 0 nitrogen and oxygen atoms in total. The van der Waals surface area contributed by atoms with Crippen LogP contribution in [0.5, 0.6) is 0 Å². The van der Waals surface area contributed by atoms with Crippen LogP contribution in [0.15, 0.2) is 24.3 Å². The predicted molar refractivity (Wildman–Crippen MR) is 57.1 cm³/mol. The third-order valence-corrected chi connectivity index (χ3v) is 1.94. The fraction of sp³-hybridized carbons (Fsp3) is 0.385. The summed E-state index contributed by atoms with van der Waals surface area (Å²) in [6.45, 7) is 2.22. The molecular weight excluding hydrogens is 156 g/mol. The summed E-state index contributed by atoms with van der Waals surface area (Å²) >= 11 is 0. The van der Waals surface area contributed by atoms with E-state index in [1.807, 2.05) is 24.3 Å². The SMILES string of the molecule is CCCCC[C]=Cc1cc[c]cc1. The van der Waals surface area contributed by atoms with Crippen molar-refractivity contribution in [3.05, 3.63) is 42.0 Å². The maximum atomic E-state index is 3.30. The van der Waals surface area contributed by atoms with Gasteiger partial charge in [-0.25, -0.2) is 0 Å². The highest BCUT2D eigenvalue weighted by atomic mass is 13.9. The first-order chi connectivity index (χ1) is 6.43. The highest BCUT2D eigenvalue weighted by molar-refractivity contribution is 5.46. The Balaban J connectivity index is 2.25. The van der Waals surface area contributed by atoms with E-state index in [-0.39, 0.29) is 0 Å². The van der Waals surface area contributed by atoms with E-state index in [1.165, 1.54) is 24.8 Å². The van der Waals surface area contributed by atoms with Crippen molar-refractivity contribution >= 4 is 6.08 Å². The van der Waals surface area contributed by atoms with Gasteiger partial charge in [0.05, 0.1) is 0 Å². The van der Waals surface area contributed by atoms with Crippen LogP contribution in [0.1, 0.15) is 38.2 Å². The number of hydrogen-bond donors (Lipinski definition) is 0. The van der Waals surface area contributed by atoms with Crippen LogP contribution < -0.4 is 0 Å². The van der Waals surface area contributed by atoms with Crippen LogP contribution in [0.2, 0.25) is 0 Å². The van der Waals surface area contributed by atoms with Gasteiger partial charge in [0.1, 0.15) is 0 Å². The molecule has 0 aliphatic rings. The lowest BCUT2D eigenvalue weighted by Gasteiger charge is -1.92. The lowest BCUT2D eigenvalue weighted by atomic mass is 10.1. The Labute approximate surface area is 81.3 Å². The molecule has 0 aromatic heterocycles. The molecule has 0 saturated heterocycles. The highest BCUT2D eigenvalue weighted by Gasteiger charge is 1.84. The Morgan fingerprint density at radius 1 is 1.31 bits per heavy atom. The highest BCUT2D eigenvalue weighted by Crippen LogP contribution is 2.03. The van der Waals surface area contributed by atoms with Crippen LogP contribution in [0.3, 0.4) is 0 Å². The summed E-state index contributed by atoms with van der Waals surface area (Å²) in [6, 6.07) is 11.0. The van der Waals surface area contributed by atoms with Crippen molar-refractivity contribution in [2.24, 2.45) is 0 Å². The molecule has 0 atom stereocenters. The minimum absolute atomic E-state index is 1.08. The summed E-state index contributed by atoms with van der Waals surface area (Å²) in [5.41, 5.74) is 1.22. The van der Waals surface area contributed by atoms with E-state index in [0.29, 0.717) is 0 Å². The molecular formula is C13H16. The molecule has 0 heteroatoms. The molecule has 1 aromatic carbocycles. The van der Waals surface area contributed by atoms with Crippen molar-refractivity contribution in [2.75, 3.05) is 0 Å². The van der Waals surface area contributed by atoms with Crippen molar-refractivity contribution in [1.29, 1.82) is 0 Å². The smallest absolute Gasteiger partial charge is 0.0184 e. The summed E-state index contributed by atoms with van der Waals surface area (Å²) in [5, 5.41) is 0. The first-order valence-corrected chi connectivity index (χ1v) is 4.96. The van der Waals surface area contributed by atoms with E-state index < -0.39 is 0 Å². The van der Waals surface area contributed by atoms with E-state index in [0.717, 1.165) is 6.42 Å². The van der Waals surface area contributed by atoms with Gasteiger partial charge in [-0.15, -0.1) is 0 Å². The van der Waals surface area contributed by atoms with Gasteiger partial charge in [0.15, 0.2) is 0 Å². The fourth-order valence-electron chi connectivity index (χ4n) is 1.16. The van der Waals surface area contributed by atoms with Crippen LogP contribution in [0, 0.1) is 12.1 Å². The molecule has 0 aliphatic heterocycles. The summed E-state index contributed by atoms with van der Waals surface area (Å²) in [5.74, 6) is 0. The number of unbranched alkanes of at least 4 members (excludes halogenated alkanes) is 3. The van der Waals surface area contributed by atoms with Crippen LogP contribution in [0.25, 0.3) is 6.08 Å². The molecule has 0 heterocycles. The average molecular weight is 172 g/mol. The Bertz CT molecular complexity index is 233. The topological polar surface area (TPSA) is 0 Å². The van der Waals surface area contributed by atoms with Crippen LogP contribution in [-0.4, -0.2) is 0 Å². The van der Waals surface area contributed by atoms with Gasteiger partial charge in [-0.3, -0.25) is 0 Å². The zero-order chi connectivity index (χ0) is 9.36. The van der Waals surface area contributed by atoms with Crippen molar-refractivity contribution in [3.63, 3.8) is 0 Å². The molecule has 1 aromatic rings. The third kappa shape index (κ3) is 4.51. The van der Waals surface area contributed by atoms with Gasteiger partial charge in [0.25, 0.3) is 0 Å². The molecule has 68 valence electrons. The van der Waals surface area contributed by atoms with Gasteiger partial charge in [0, 0.05) is 0 Å². The zero-order valence-corrected chi connectivity index (χ0v) is 8.22. The van der Waals surface area contributed by atoms with E-state index in [1.54, 1.807) is 0 Å². The van der Waals surface area contributed by atoms with Crippen molar-refractivity contribution in [2.45, 2.75) is 32.6 Å². The second-order valence-corrected chi connectivity index (χ2v) is 3.14. The maximum absolute atomic E-state index is 3.30. The van der Waals surface area contributed by atoms with Crippen LogP contribution in [-0.2, 0) is 0 Å². The molecule has 2 radical (unpaired) electrons. The largest absolute Gasteiger partial charge is 0.0654 e. The van der Waals surface area contributed by atoms with E-state index in [4.69, 9.17) is 0 Å². The second kappa shape index (κ2) is 6.47. The van der Waals surface area contributed by atoms with Crippen molar-refractivity contribution < 1.29 is 0 Å². The Hall–Kier alpha value is -1.04. The number of benzene rings is 1. The molecule has 0 bridgehead atoms. The van der Waals surface area contributed by atoms with Gasteiger partial charge in [-0.2, -0.15) is 0 Å². The molecule has 0 spiro atoms. The first-order valence-electron chi connectivity index (χ1n) is 4.96. The molecule has 13 heavy (non-hydrogen) atoms. The van der Waals surface area contributed by atoms with Gasteiger partial charge < -0.3 is 0 Å². The Morgan fingerprint density at radius 3 is 2.77 bits per heavy atom. The summed E-state index contributed by atoms with van der Waals surface area (Å²) in [6.07, 6.45) is 10.3. The molecule has 0 N–H and O–H groups in total. The first kappa shape index (κ1) is 10.0. The average Bonchev–Trinajstić information content (AvgIpc) is 2.19. The normalized spacial score (nSPS) is 10.8. The monoisotopic (exact) mass is 172 g/mol. The Morgan fingerprint density at radius 2 is 2.08 bits per heavy atom. The molecule has 0 fully saturated rings. The van der Waals surface area contributed by atoms with E-state index in [2.05, 4.69) is 25.1 Å². The summed E-state index contributed by atoms with van der Waals surface area (Å²) in [7, 11) is 0. The standard InChI is InChI=1S/C13H16/c1-2-3-4-5-7-10-13-11-8-6-9-12-13/h8-12H,2-5H2,1H3. The zero-order valence-electron chi connectivity index (χ0n) is 8.22. The summed E-state index contributed by atoms with van der Waals surface area (Å²) in [4.78, 5) is 0. The number of hydrogen-bond acceptors (Lipinski definition) is 0. The van der Waals surface area contributed by atoms with Crippen molar-refractivity contribution in [3.8, 4) is 0 Å². The minimum atomic E-state index is 1.08. The second-order valence-electron chi connectivity index (χ2n) is 3.14.